The Hall–Kier alpha value is -3.31. The van der Waals surface area contributed by atoms with Gasteiger partial charge in [-0.05, 0) is 12.5 Å². The maximum Gasteiger partial charge on any atom is 0.415 e. The SMILES string of the molecule is N#CC1=C(N)OC2=C(C(=O)CCC2)C1c1ccccc1OC(=O)N1CCOCC1. The number of nitriles is 1. The van der Waals surface area contributed by atoms with Crippen LogP contribution in [0.5, 0.6) is 5.75 Å². The zero-order valence-electron chi connectivity index (χ0n) is 15.8. The first-order valence-corrected chi connectivity index (χ1v) is 9.57. The number of benzene rings is 1. The van der Waals surface area contributed by atoms with Crippen LogP contribution >= 0.6 is 0 Å². The van der Waals surface area contributed by atoms with Gasteiger partial charge in [-0.3, -0.25) is 4.79 Å². The molecule has 0 radical (unpaired) electrons. The number of allylic oxidation sites excluding steroid dienone is 3. The summed E-state index contributed by atoms with van der Waals surface area (Å²) in [6.07, 6.45) is 1.14. The number of carbonyl (C=O) groups excluding carboxylic acids is 2. The third-order valence-corrected chi connectivity index (χ3v) is 5.30. The van der Waals surface area contributed by atoms with Gasteiger partial charge in [-0.25, -0.2) is 4.79 Å². The fourth-order valence-electron chi connectivity index (χ4n) is 3.88. The number of hydrogen-bond acceptors (Lipinski definition) is 7. The fraction of sp³-hybridized carbons (Fsp3) is 0.381. The minimum absolute atomic E-state index is 0.0136. The van der Waals surface area contributed by atoms with Gasteiger partial charge in [0.1, 0.15) is 23.2 Å². The van der Waals surface area contributed by atoms with Crippen molar-refractivity contribution in [1.29, 1.82) is 5.26 Å². The zero-order chi connectivity index (χ0) is 20.4. The molecule has 3 aliphatic rings. The summed E-state index contributed by atoms with van der Waals surface area (Å²) in [6, 6.07) is 8.99. The molecular formula is C21H21N3O5. The van der Waals surface area contributed by atoms with E-state index in [2.05, 4.69) is 6.07 Å². The Morgan fingerprint density at radius 1 is 1.24 bits per heavy atom. The topological polar surface area (TPSA) is 115 Å². The molecule has 0 bridgehead atoms. The molecule has 29 heavy (non-hydrogen) atoms. The van der Waals surface area contributed by atoms with Crippen molar-refractivity contribution in [3.05, 3.63) is 52.6 Å². The van der Waals surface area contributed by atoms with Crippen molar-refractivity contribution < 1.29 is 23.8 Å². The third-order valence-electron chi connectivity index (χ3n) is 5.30. The summed E-state index contributed by atoms with van der Waals surface area (Å²) in [4.78, 5) is 26.9. The van der Waals surface area contributed by atoms with Gasteiger partial charge in [0.25, 0.3) is 0 Å². The Labute approximate surface area is 168 Å². The molecular weight excluding hydrogens is 374 g/mol. The van der Waals surface area contributed by atoms with Crippen LogP contribution < -0.4 is 10.5 Å². The van der Waals surface area contributed by atoms with Gasteiger partial charge in [-0.2, -0.15) is 5.26 Å². The smallest absolute Gasteiger partial charge is 0.415 e. The number of para-hydroxylation sites is 1. The molecule has 8 nitrogen and oxygen atoms in total. The van der Waals surface area contributed by atoms with Gasteiger partial charge >= 0.3 is 6.09 Å². The minimum atomic E-state index is -0.717. The number of amides is 1. The predicted molar refractivity (Wildman–Crippen MR) is 101 cm³/mol. The number of nitrogens with zero attached hydrogens (tertiary/aromatic N) is 2. The Bertz CT molecular complexity index is 953. The van der Waals surface area contributed by atoms with Crippen LogP contribution in [0.4, 0.5) is 4.79 Å². The Morgan fingerprint density at radius 2 is 2.00 bits per heavy atom. The standard InChI is InChI=1S/C21H21N3O5/c22-12-14-18(19-15(25)5-3-7-17(19)28-20(14)23)13-4-1-2-6-16(13)29-21(26)24-8-10-27-11-9-24/h1-2,4,6,18H,3,5,7-11,23H2. The summed E-state index contributed by atoms with van der Waals surface area (Å²) in [6.45, 7) is 1.81. The molecule has 0 aromatic heterocycles. The molecule has 1 amide bonds. The number of rotatable bonds is 2. The lowest BCUT2D eigenvalue weighted by Crippen LogP contribution is -2.42. The van der Waals surface area contributed by atoms with Crippen LogP contribution in [0.15, 0.2) is 47.1 Å². The van der Waals surface area contributed by atoms with Gasteiger partial charge in [0.2, 0.25) is 5.88 Å². The maximum absolute atomic E-state index is 12.7. The maximum atomic E-state index is 12.7. The lowest BCUT2D eigenvalue weighted by molar-refractivity contribution is -0.116. The minimum Gasteiger partial charge on any atom is -0.444 e. The lowest BCUT2D eigenvalue weighted by atomic mass is 9.77. The molecule has 1 aliphatic carbocycles. The molecule has 0 spiro atoms. The van der Waals surface area contributed by atoms with Gasteiger partial charge in [0.15, 0.2) is 5.78 Å². The van der Waals surface area contributed by atoms with Crippen LogP contribution in [0.3, 0.4) is 0 Å². The summed E-state index contributed by atoms with van der Waals surface area (Å²) in [5.74, 6) is -0.0185. The first kappa shape index (κ1) is 19.0. The number of nitrogens with two attached hydrogens (primary N) is 1. The van der Waals surface area contributed by atoms with Crippen molar-refractivity contribution in [3.8, 4) is 11.8 Å². The first-order valence-electron chi connectivity index (χ1n) is 9.57. The van der Waals surface area contributed by atoms with E-state index in [-0.39, 0.29) is 17.2 Å². The number of carbonyl (C=O) groups is 2. The number of ketones is 1. The van der Waals surface area contributed by atoms with E-state index >= 15 is 0 Å². The van der Waals surface area contributed by atoms with E-state index in [4.69, 9.17) is 19.9 Å². The number of Topliss-reactive ketones (excluding diaryl/α,β-unsaturated/α-hetero) is 1. The van der Waals surface area contributed by atoms with Crippen LogP contribution in [0.2, 0.25) is 0 Å². The largest absolute Gasteiger partial charge is 0.444 e. The predicted octanol–water partition coefficient (Wildman–Crippen LogP) is 2.33. The second-order valence-electron chi connectivity index (χ2n) is 7.04. The Morgan fingerprint density at radius 3 is 2.76 bits per heavy atom. The molecule has 2 aliphatic heterocycles. The van der Waals surface area contributed by atoms with Gasteiger partial charge in [-0.15, -0.1) is 0 Å². The highest BCUT2D eigenvalue weighted by Gasteiger charge is 2.39. The monoisotopic (exact) mass is 395 g/mol. The van der Waals surface area contributed by atoms with Crippen LogP contribution in [0.1, 0.15) is 30.7 Å². The average Bonchev–Trinajstić information content (AvgIpc) is 2.74. The van der Waals surface area contributed by atoms with E-state index in [1.807, 2.05) is 0 Å². The van der Waals surface area contributed by atoms with E-state index in [9.17, 15) is 14.9 Å². The lowest BCUT2D eigenvalue weighted by Gasteiger charge is -2.32. The second-order valence-corrected chi connectivity index (χ2v) is 7.04. The van der Waals surface area contributed by atoms with Crippen molar-refractivity contribution in [2.45, 2.75) is 25.2 Å². The van der Waals surface area contributed by atoms with E-state index in [0.717, 1.165) is 0 Å². The van der Waals surface area contributed by atoms with Crippen LogP contribution in [0.25, 0.3) is 0 Å². The zero-order valence-corrected chi connectivity index (χ0v) is 15.8. The van der Waals surface area contributed by atoms with Crippen LogP contribution in [0, 0.1) is 11.3 Å². The highest BCUT2D eigenvalue weighted by atomic mass is 16.6. The highest BCUT2D eigenvalue weighted by Crippen LogP contribution is 2.45. The van der Waals surface area contributed by atoms with Crippen molar-refractivity contribution in [1.82, 2.24) is 4.90 Å². The Kier molecular flexibility index (Phi) is 5.23. The van der Waals surface area contributed by atoms with E-state index in [1.54, 1.807) is 29.2 Å². The molecule has 150 valence electrons. The third kappa shape index (κ3) is 3.57. The van der Waals surface area contributed by atoms with Crippen molar-refractivity contribution in [3.63, 3.8) is 0 Å². The summed E-state index contributed by atoms with van der Waals surface area (Å²) >= 11 is 0. The molecule has 2 N–H and O–H groups in total. The summed E-state index contributed by atoms with van der Waals surface area (Å²) in [5.41, 5.74) is 7.11. The molecule has 8 heteroatoms. The quantitative estimate of drug-likeness (QED) is 0.817. The number of ether oxygens (including phenoxy) is 3. The van der Waals surface area contributed by atoms with Crippen molar-refractivity contribution in [2.75, 3.05) is 26.3 Å². The summed E-state index contributed by atoms with van der Waals surface area (Å²) in [5, 5.41) is 9.71. The highest BCUT2D eigenvalue weighted by molar-refractivity contribution is 5.99. The molecule has 1 atom stereocenters. The summed E-state index contributed by atoms with van der Waals surface area (Å²) in [7, 11) is 0. The number of hydrogen-bond donors (Lipinski definition) is 1. The molecule has 1 aromatic rings. The molecule has 1 unspecified atom stereocenters. The second kappa shape index (κ2) is 7.97. The van der Waals surface area contributed by atoms with Gasteiger partial charge in [0.05, 0.1) is 19.1 Å². The van der Waals surface area contributed by atoms with Gasteiger partial charge < -0.3 is 24.8 Å². The average molecular weight is 395 g/mol. The van der Waals surface area contributed by atoms with E-state index < -0.39 is 12.0 Å². The van der Waals surface area contributed by atoms with Crippen molar-refractivity contribution in [2.24, 2.45) is 5.73 Å². The molecule has 0 saturated carbocycles. The van der Waals surface area contributed by atoms with Gasteiger partial charge in [-0.1, -0.05) is 18.2 Å². The normalized spacial score (nSPS) is 22.0. The fourth-order valence-corrected chi connectivity index (χ4v) is 3.88. The molecule has 4 rings (SSSR count). The van der Waals surface area contributed by atoms with E-state index in [0.29, 0.717) is 68.2 Å². The molecule has 1 fully saturated rings. The van der Waals surface area contributed by atoms with Crippen LogP contribution in [-0.4, -0.2) is 43.1 Å². The first-order chi connectivity index (χ1) is 14.1. The van der Waals surface area contributed by atoms with Crippen molar-refractivity contribution >= 4 is 11.9 Å². The number of morpholine rings is 1. The van der Waals surface area contributed by atoms with Gasteiger partial charge in [0, 0.05) is 37.1 Å². The molecule has 1 saturated heterocycles. The Balaban J connectivity index is 1.73. The van der Waals surface area contributed by atoms with E-state index in [1.165, 1.54) is 0 Å². The molecule has 2 heterocycles. The van der Waals surface area contributed by atoms with Crippen LogP contribution in [-0.2, 0) is 14.3 Å². The summed E-state index contributed by atoms with van der Waals surface area (Å²) < 4.78 is 16.5. The molecule has 1 aromatic carbocycles.